The number of rotatable bonds is 7. The summed E-state index contributed by atoms with van der Waals surface area (Å²) in [5.74, 6) is 0.201. The van der Waals surface area contributed by atoms with Crippen LogP contribution < -0.4 is 10.7 Å². The Kier molecular flexibility index (Phi) is 6.35. The molecule has 0 atom stereocenters. The van der Waals surface area contributed by atoms with E-state index in [-0.39, 0.29) is 23.8 Å². The summed E-state index contributed by atoms with van der Waals surface area (Å²) in [5.41, 5.74) is 3.14. The molecule has 2 amide bonds. The summed E-state index contributed by atoms with van der Waals surface area (Å²) in [6.45, 7) is 0.631. The van der Waals surface area contributed by atoms with Gasteiger partial charge in [0.15, 0.2) is 5.82 Å². The maximum atomic E-state index is 12.4. The molecule has 0 aliphatic carbocycles. The van der Waals surface area contributed by atoms with Crippen LogP contribution in [0.15, 0.2) is 66.1 Å². The number of benzene rings is 1. The molecule has 1 aliphatic rings. The van der Waals surface area contributed by atoms with Gasteiger partial charge in [0.05, 0.1) is 37.0 Å². The van der Waals surface area contributed by atoms with Crippen LogP contribution >= 0.6 is 0 Å². The smallest absolute Gasteiger partial charge is 0.244 e. The molecule has 36 heavy (non-hydrogen) atoms. The molecule has 5 rings (SSSR count). The third-order valence-corrected chi connectivity index (χ3v) is 5.83. The molecule has 1 fully saturated rings. The van der Waals surface area contributed by atoms with Gasteiger partial charge in [0, 0.05) is 44.3 Å². The summed E-state index contributed by atoms with van der Waals surface area (Å²) in [5, 5.41) is 11.4. The van der Waals surface area contributed by atoms with Crippen molar-refractivity contribution in [1.29, 1.82) is 0 Å². The Balaban J connectivity index is 1.28. The minimum atomic E-state index is -0.282. The summed E-state index contributed by atoms with van der Waals surface area (Å²) in [7, 11) is 1.82. The van der Waals surface area contributed by atoms with Gasteiger partial charge < -0.3 is 10.2 Å². The quantitative estimate of drug-likeness (QED) is 0.422. The van der Waals surface area contributed by atoms with Crippen LogP contribution in [-0.4, -0.2) is 59.3 Å². The topological polar surface area (TPSA) is 128 Å². The van der Waals surface area contributed by atoms with Crippen molar-refractivity contribution in [1.82, 2.24) is 34.4 Å². The Morgan fingerprint density at radius 2 is 1.94 bits per heavy atom. The predicted octanol–water partition coefficient (Wildman–Crippen LogP) is 1.57. The second kappa shape index (κ2) is 9.90. The molecule has 1 saturated heterocycles. The van der Waals surface area contributed by atoms with Crippen molar-refractivity contribution in [3.05, 3.63) is 82.8 Å². The monoisotopic (exact) mass is 484 g/mol. The summed E-state index contributed by atoms with van der Waals surface area (Å²) in [6, 6.07) is 9.08. The normalized spacial score (nSPS) is 13.2. The van der Waals surface area contributed by atoms with Crippen molar-refractivity contribution in [2.24, 2.45) is 7.05 Å². The lowest BCUT2D eigenvalue weighted by Gasteiger charge is -2.14. The Labute approximate surface area is 206 Å². The number of nitrogens with zero attached hydrogens (tertiary/aromatic N) is 7. The zero-order chi connectivity index (χ0) is 25.1. The molecule has 11 heteroatoms. The zero-order valence-corrected chi connectivity index (χ0v) is 19.7. The van der Waals surface area contributed by atoms with Gasteiger partial charge in [-0.2, -0.15) is 10.2 Å². The Hall–Kier alpha value is -4.67. The van der Waals surface area contributed by atoms with Crippen molar-refractivity contribution < 1.29 is 9.59 Å². The van der Waals surface area contributed by atoms with E-state index in [1.165, 1.54) is 18.5 Å². The Bertz CT molecular complexity index is 1480. The number of aromatic nitrogens is 6. The van der Waals surface area contributed by atoms with Gasteiger partial charge >= 0.3 is 0 Å². The average molecular weight is 485 g/mol. The SMILES string of the molecule is Cn1cc(-n2ccc(=O)c(Cc3cccc(-c4ncc(NC(=O)CN5CCCC5=O)cn4)c3)n2)cn1. The van der Waals surface area contributed by atoms with Gasteiger partial charge in [0.25, 0.3) is 0 Å². The van der Waals surface area contributed by atoms with E-state index in [9.17, 15) is 14.4 Å². The van der Waals surface area contributed by atoms with Crippen LogP contribution in [0.3, 0.4) is 0 Å². The molecule has 0 spiro atoms. The minimum Gasteiger partial charge on any atom is -0.333 e. The maximum absolute atomic E-state index is 12.4. The number of aryl methyl sites for hydroxylation is 1. The molecular weight excluding hydrogens is 460 g/mol. The minimum absolute atomic E-state index is 0.00155. The van der Waals surface area contributed by atoms with E-state index >= 15 is 0 Å². The van der Waals surface area contributed by atoms with Crippen molar-refractivity contribution in [2.45, 2.75) is 19.3 Å². The molecular formula is C25H24N8O3. The number of nitrogens with one attached hydrogen (secondary N) is 1. The molecule has 0 radical (unpaired) electrons. The summed E-state index contributed by atoms with van der Waals surface area (Å²) < 4.78 is 3.30. The largest absolute Gasteiger partial charge is 0.333 e. The molecule has 0 bridgehead atoms. The lowest BCUT2D eigenvalue weighted by atomic mass is 10.1. The number of carbonyl (C=O) groups is 2. The lowest BCUT2D eigenvalue weighted by molar-refractivity contribution is -0.131. The first-order chi connectivity index (χ1) is 17.4. The first kappa shape index (κ1) is 23.1. The summed E-state index contributed by atoms with van der Waals surface area (Å²) >= 11 is 0. The van der Waals surface area contributed by atoms with E-state index < -0.39 is 0 Å². The van der Waals surface area contributed by atoms with Crippen LogP contribution in [-0.2, 0) is 23.1 Å². The van der Waals surface area contributed by atoms with E-state index in [4.69, 9.17) is 0 Å². The van der Waals surface area contributed by atoms with Gasteiger partial charge in [-0.15, -0.1) is 0 Å². The predicted molar refractivity (Wildman–Crippen MR) is 131 cm³/mol. The van der Waals surface area contributed by atoms with Crippen LogP contribution in [0.4, 0.5) is 5.69 Å². The molecule has 1 aromatic carbocycles. The number of carbonyl (C=O) groups excluding carboxylic acids is 2. The molecule has 3 aromatic heterocycles. The van der Waals surface area contributed by atoms with Gasteiger partial charge in [-0.25, -0.2) is 14.6 Å². The Morgan fingerprint density at radius 1 is 1.11 bits per heavy atom. The van der Waals surface area contributed by atoms with Gasteiger partial charge in [0.1, 0.15) is 11.4 Å². The van der Waals surface area contributed by atoms with Crippen molar-refractivity contribution in [3.63, 3.8) is 0 Å². The summed E-state index contributed by atoms with van der Waals surface area (Å²) in [4.78, 5) is 46.7. The zero-order valence-electron chi connectivity index (χ0n) is 19.7. The van der Waals surface area contributed by atoms with E-state index in [0.717, 1.165) is 23.2 Å². The van der Waals surface area contributed by atoms with E-state index in [2.05, 4.69) is 25.5 Å². The average Bonchev–Trinajstić information content (AvgIpc) is 3.49. The van der Waals surface area contributed by atoms with Crippen molar-refractivity contribution >= 4 is 17.5 Å². The number of hydrogen-bond acceptors (Lipinski definition) is 7. The molecule has 1 aliphatic heterocycles. The second-order valence-electron chi connectivity index (χ2n) is 8.58. The highest BCUT2D eigenvalue weighted by Crippen LogP contribution is 2.19. The highest BCUT2D eigenvalue weighted by molar-refractivity contribution is 5.94. The molecule has 0 saturated carbocycles. The van der Waals surface area contributed by atoms with Gasteiger partial charge in [-0.3, -0.25) is 19.1 Å². The van der Waals surface area contributed by atoms with E-state index in [0.29, 0.717) is 36.6 Å². The van der Waals surface area contributed by atoms with Crippen LogP contribution in [0.5, 0.6) is 0 Å². The van der Waals surface area contributed by atoms with E-state index in [1.54, 1.807) is 26.7 Å². The lowest BCUT2D eigenvalue weighted by Crippen LogP contribution is -2.34. The molecule has 182 valence electrons. The standard InChI is InChI=1S/C25H24N8O3/c1-31-15-20(14-28-31)33-9-7-22(34)21(30-33)11-17-4-2-5-18(10-17)25-26-12-19(13-27-25)29-23(35)16-32-8-3-6-24(32)36/h2,4-5,7,9-10,12-15H,3,6,8,11,16H2,1H3,(H,29,35). The van der Waals surface area contributed by atoms with Crippen molar-refractivity contribution in [2.75, 3.05) is 18.4 Å². The molecule has 1 N–H and O–H groups in total. The third kappa shape index (κ3) is 5.19. The third-order valence-electron chi connectivity index (χ3n) is 5.83. The first-order valence-electron chi connectivity index (χ1n) is 11.5. The van der Waals surface area contributed by atoms with Gasteiger partial charge in [-0.1, -0.05) is 18.2 Å². The molecule has 4 heterocycles. The first-order valence-corrected chi connectivity index (χ1v) is 11.5. The fourth-order valence-corrected chi connectivity index (χ4v) is 4.04. The number of likely N-dealkylation sites (tertiary alicyclic amines) is 1. The number of anilines is 1. The fraction of sp³-hybridized carbons (Fsp3) is 0.240. The van der Waals surface area contributed by atoms with Crippen LogP contribution in [0.1, 0.15) is 24.1 Å². The van der Waals surface area contributed by atoms with Gasteiger partial charge in [0.2, 0.25) is 17.2 Å². The Morgan fingerprint density at radius 3 is 2.67 bits per heavy atom. The highest BCUT2D eigenvalue weighted by Gasteiger charge is 2.22. The number of amides is 2. The highest BCUT2D eigenvalue weighted by atomic mass is 16.2. The summed E-state index contributed by atoms with van der Waals surface area (Å²) in [6.07, 6.45) is 9.80. The molecule has 0 unspecified atom stereocenters. The second-order valence-corrected chi connectivity index (χ2v) is 8.58. The molecule has 11 nitrogen and oxygen atoms in total. The van der Waals surface area contributed by atoms with Gasteiger partial charge in [-0.05, 0) is 18.1 Å². The van der Waals surface area contributed by atoms with Crippen LogP contribution in [0, 0.1) is 0 Å². The van der Waals surface area contributed by atoms with Crippen LogP contribution in [0.25, 0.3) is 17.1 Å². The van der Waals surface area contributed by atoms with Crippen LogP contribution in [0.2, 0.25) is 0 Å². The van der Waals surface area contributed by atoms with E-state index in [1.807, 2.05) is 37.5 Å². The number of hydrogen-bond donors (Lipinski definition) is 1. The maximum Gasteiger partial charge on any atom is 0.244 e. The molecule has 4 aromatic rings. The fourth-order valence-electron chi connectivity index (χ4n) is 4.04. The van der Waals surface area contributed by atoms with Crippen molar-refractivity contribution in [3.8, 4) is 17.1 Å².